The summed E-state index contributed by atoms with van der Waals surface area (Å²) in [6.07, 6.45) is 2.99. The zero-order valence-electron chi connectivity index (χ0n) is 12.9. The maximum absolute atomic E-state index is 12.2. The molecule has 6 nitrogen and oxygen atoms in total. The number of rotatable bonds is 4. The Hall–Kier alpha value is -3.25. The molecule has 2 aromatic heterocycles. The number of halogens is 1. The lowest BCUT2D eigenvalue weighted by atomic mass is 10.2. The van der Waals surface area contributed by atoms with E-state index in [9.17, 15) is 9.59 Å². The van der Waals surface area contributed by atoms with Crippen LogP contribution in [0.1, 0.15) is 20.8 Å². The molecule has 1 aromatic carbocycles. The van der Waals surface area contributed by atoms with Gasteiger partial charge in [-0.15, -0.1) is 0 Å². The predicted octanol–water partition coefficient (Wildman–Crippen LogP) is 3.63. The Bertz CT molecular complexity index is 898. The van der Waals surface area contributed by atoms with Crippen molar-refractivity contribution in [1.82, 2.24) is 9.97 Å². The van der Waals surface area contributed by atoms with Crippen molar-refractivity contribution in [2.24, 2.45) is 0 Å². The van der Waals surface area contributed by atoms with Gasteiger partial charge in [0.2, 0.25) is 0 Å². The number of nitrogens with one attached hydrogen (secondary N) is 2. The van der Waals surface area contributed by atoms with Crippen LogP contribution < -0.4 is 10.6 Å². The molecule has 0 unspecified atom stereocenters. The highest BCUT2D eigenvalue weighted by Gasteiger charge is 2.11. The molecule has 0 saturated heterocycles. The second-order valence-electron chi connectivity index (χ2n) is 5.04. The summed E-state index contributed by atoms with van der Waals surface area (Å²) in [5, 5.41) is 5.69. The highest BCUT2D eigenvalue weighted by molar-refractivity contribution is 6.34. The average molecular weight is 353 g/mol. The van der Waals surface area contributed by atoms with Gasteiger partial charge in [0.05, 0.1) is 22.5 Å². The Morgan fingerprint density at radius 3 is 2.32 bits per heavy atom. The Labute approximate surface area is 148 Å². The second kappa shape index (κ2) is 7.55. The van der Waals surface area contributed by atoms with E-state index >= 15 is 0 Å². The zero-order chi connectivity index (χ0) is 17.6. The van der Waals surface area contributed by atoms with E-state index < -0.39 is 0 Å². The lowest BCUT2D eigenvalue weighted by Crippen LogP contribution is -2.15. The molecule has 124 valence electrons. The van der Waals surface area contributed by atoms with Crippen LogP contribution >= 0.6 is 11.6 Å². The minimum atomic E-state index is -0.358. The van der Waals surface area contributed by atoms with E-state index in [1.807, 2.05) is 0 Å². The van der Waals surface area contributed by atoms with Gasteiger partial charge >= 0.3 is 0 Å². The molecule has 0 bridgehead atoms. The number of nitrogens with zero attached hydrogens (tertiary/aromatic N) is 2. The third kappa shape index (κ3) is 4.19. The SMILES string of the molecule is O=C(Nc1ccc(NC(=O)c2ccccc2Cl)nc1)c1ccccn1. The van der Waals surface area contributed by atoms with E-state index in [-0.39, 0.29) is 11.8 Å². The van der Waals surface area contributed by atoms with Gasteiger partial charge in [-0.3, -0.25) is 14.6 Å². The molecule has 0 aliphatic rings. The molecule has 0 fully saturated rings. The third-order valence-corrected chi connectivity index (χ3v) is 3.61. The van der Waals surface area contributed by atoms with E-state index in [4.69, 9.17) is 11.6 Å². The molecule has 0 radical (unpaired) electrons. The quantitative estimate of drug-likeness (QED) is 0.750. The van der Waals surface area contributed by atoms with Crippen LogP contribution in [-0.4, -0.2) is 21.8 Å². The van der Waals surface area contributed by atoms with E-state index in [0.717, 1.165) is 0 Å². The lowest BCUT2D eigenvalue weighted by Gasteiger charge is -2.08. The van der Waals surface area contributed by atoms with Crippen molar-refractivity contribution in [2.45, 2.75) is 0 Å². The number of hydrogen-bond donors (Lipinski definition) is 2. The van der Waals surface area contributed by atoms with Gasteiger partial charge in [-0.2, -0.15) is 0 Å². The molecule has 2 amide bonds. The number of carbonyl (C=O) groups is 2. The fraction of sp³-hybridized carbons (Fsp3) is 0. The summed E-state index contributed by atoms with van der Waals surface area (Å²) >= 11 is 5.99. The second-order valence-corrected chi connectivity index (χ2v) is 5.44. The van der Waals surface area contributed by atoms with Gasteiger partial charge in [0.1, 0.15) is 11.5 Å². The number of aromatic nitrogens is 2. The first-order chi connectivity index (χ1) is 12.1. The van der Waals surface area contributed by atoms with Crippen molar-refractivity contribution in [3.8, 4) is 0 Å². The van der Waals surface area contributed by atoms with Crippen LogP contribution in [0.2, 0.25) is 5.02 Å². The Kier molecular flexibility index (Phi) is 5.01. The van der Waals surface area contributed by atoms with Gasteiger partial charge in [-0.25, -0.2) is 4.98 Å². The number of amides is 2. The molecule has 0 saturated carbocycles. The normalized spacial score (nSPS) is 10.1. The van der Waals surface area contributed by atoms with Crippen molar-refractivity contribution < 1.29 is 9.59 Å². The number of pyridine rings is 2. The van der Waals surface area contributed by atoms with Crippen LogP contribution in [0.4, 0.5) is 11.5 Å². The van der Waals surface area contributed by atoms with Gasteiger partial charge in [0.25, 0.3) is 11.8 Å². The molecule has 25 heavy (non-hydrogen) atoms. The summed E-state index contributed by atoms with van der Waals surface area (Å²) in [5.41, 5.74) is 1.16. The molecule has 0 atom stereocenters. The minimum Gasteiger partial charge on any atom is -0.319 e. The van der Waals surface area contributed by atoms with Gasteiger partial charge < -0.3 is 10.6 Å². The van der Waals surface area contributed by atoms with Crippen LogP contribution in [0.3, 0.4) is 0 Å². The Morgan fingerprint density at radius 1 is 0.840 bits per heavy atom. The van der Waals surface area contributed by atoms with E-state index in [1.165, 1.54) is 6.20 Å². The van der Waals surface area contributed by atoms with E-state index in [0.29, 0.717) is 27.8 Å². The summed E-state index contributed by atoms with van der Waals surface area (Å²) in [7, 11) is 0. The monoisotopic (exact) mass is 352 g/mol. The van der Waals surface area contributed by atoms with Gasteiger partial charge in [-0.1, -0.05) is 29.8 Å². The molecule has 3 rings (SSSR count). The molecule has 0 spiro atoms. The minimum absolute atomic E-state index is 0.304. The molecule has 2 heterocycles. The standard InChI is InChI=1S/C18H13ClN4O2/c19-14-6-2-1-5-13(14)17(24)23-16-9-8-12(11-21-16)22-18(25)15-7-3-4-10-20-15/h1-11H,(H,22,25)(H,21,23,24). The van der Waals surface area contributed by atoms with Gasteiger partial charge in [0.15, 0.2) is 0 Å². The molecule has 3 aromatic rings. The smallest absolute Gasteiger partial charge is 0.274 e. The molecule has 0 aliphatic carbocycles. The first-order valence-electron chi connectivity index (χ1n) is 7.38. The first-order valence-corrected chi connectivity index (χ1v) is 7.75. The Balaban J connectivity index is 1.65. The number of hydrogen-bond acceptors (Lipinski definition) is 4. The highest BCUT2D eigenvalue weighted by atomic mass is 35.5. The summed E-state index contributed by atoms with van der Waals surface area (Å²) in [6.45, 7) is 0. The fourth-order valence-electron chi connectivity index (χ4n) is 2.06. The lowest BCUT2D eigenvalue weighted by molar-refractivity contribution is 0.101. The van der Waals surface area contributed by atoms with Crippen molar-refractivity contribution in [3.05, 3.63) is 83.3 Å². The van der Waals surface area contributed by atoms with Crippen LogP contribution in [0.15, 0.2) is 67.0 Å². The highest BCUT2D eigenvalue weighted by Crippen LogP contribution is 2.17. The Morgan fingerprint density at radius 2 is 1.64 bits per heavy atom. The largest absolute Gasteiger partial charge is 0.319 e. The maximum atomic E-state index is 12.2. The van der Waals surface area contributed by atoms with E-state index in [2.05, 4.69) is 20.6 Å². The zero-order valence-corrected chi connectivity index (χ0v) is 13.7. The number of carbonyl (C=O) groups excluding carboxylic acids is 2. The fourth-order valence-corrected chi connectivity index (χ4v) is 2.28. The molecular weight excluding hydrogens is 340 g/mol. The average Bonchev–Trinajstić information content (AvgIpc) is 2.64. The summed E-state index contributed by atoms with van der Waals surface area (Å²) in [5.74, 6) is -0.348. The molecular formula is C18H13ClN4O2. The van der Waals surface area contributed by atoms with Gasteiger partial charge in [-0.05, 0) is 36.4 Å². The topological polar surface area (TPSA) is 84.0 Å². The van der Waals surface area contributed by atoms with Crippen molar-refractivity contribution in [2.75, 3.05) is 10.6 Å². The predicted molar refractivity (Wildman–Crippen MR) is 95.8 cm³/mol. The summed E-state index contributed by atoms with van der Waals surface area (Å²) in [6, 6.07) is 15.0. The third-order valence-electron chi connectivity index (χ3n) is 3.28. The molecule has 0 aliphatic heterocycles. The number of benzene rings is 1. The van der Waals surface area contributed by atoms with Crippen LogP contribution in [0.25, 0.3) is 0 Å². The number of anilines is 2. The van der Waals surface area contributed by atoms with Crippen LogP contribution in [-0.2, 0) is 0 Å². The van der Waals surface area contributed by atoms with E-state index in [1.54, 1.807) is 60.8 Å². The molecule has 2 N–H and O–H groups in total. The molecule has 7 heteroatoms. The van der Waals surface area contributed by atoms with Crippen LogP contribution in [0.5, 0.6) is 0 Å². The maximum Gasteiger partial charge on any atom is 0.274 e. The van der Waals surface area contributed by atoms with Crippen molar-refractivity contribution >= 4 is 34.9 Å². The first kappa shape index (κ1) is 16.6. The van der Waals surface area contributed by atoms with Crippen molar-refractivity contribution in [3.63, 3.8) is 0 Å². The van der Waals surface area contributed by atoms with Crippen LogP contribution in [0, 0.1) is 0 Å². The summed E-state index contributed by atoms with van der Waals surface area (Å²) < 4.78 is 0. The van der Waals surface area contributed by atoms with Gasteiger partial charge in [0, 0.05) is 6.20 Å². The van der Waals surface area contributed by atoms with Crippen molar-refractivity contribution in [1.29, 1.82) is 0 Å². The summed E-state index contributed by atoms with van der Waals surface area (Å²) in [4.78, 5) is 32.3.